The minimum atomic E-state index is 0.0573. The van der Waals surface area contributed by atoms with Gasteiger partial charge in [-0.1, -0.05) is 42.5 Å². The molecule has 1 amide bonds. The van der Waals surface area contributed by atoms with E-state index in [1.54, 1.807) is 6.20 Å². The van der Waals surface area contributed by atoms with Gasteiger partial charge < -0.3 is 15.5 Å². The van der Waals surface area contributed by atoms with Gasteiger partial charge >= 0.3 is 0 Å². The molecule has 7 heteroatoms. The number of guanidine groups is 1. The molecule has 4 rings (SSSR count). The lowest BCUT2D eigenvalue weighted by molar-refractivity contribution is -0.117. The van der Waals surface area contributed by atoms with Crippen LogP contribution in [0.5, 0.6) is 0 Å². The zero-order valence-electron chi connectivity index (χ0n) is 18.5. The van der Waals surface area contributed by atoms with E-state index in [1.807, 2.05) is 59.1 Å². The fourth-order valence-electron chi connectivity index (χ4n) is 3.99. The van der Waals surface area contributed by atoms with Crippen LogP contribution in [0.25, 0.3) is 0 Å². The Labute approximate surface area is 189 Å². The highest BCUT2D eigenvalue weighted by atomic mass is 16.2. The summed E-state index contributed by atoms with van der Waals surface area (Å²) in [4.78, 5) is 19.6. The number of aromatic nitrogens is 2. The highest BCUT2D eigenvalue weighted by molar-refractivity contribution is 5.98. The number of anilines is 1. The number of carbonyl (C=O) groups excluding carboxylic acids is 1. The van der Waals surface area contributed by atoms with Crippen molar-refractivity contribution in [3.63, 3.8) is 0 Å². The lowest BCUT2D eigenvalue weighted by Crippen LogP contribution is -2.46. The van der Waals surface area contributed by atoms with Gasteiger partial charge in [-0.25, -0.2) is 4.99 Å². The van der Waals surface area contributed by atoms with Crippen LogP contribution in [0, 0.1) is 0 Å². The van der Waals surface area contributed by atoms with Crippen molar-refractivity contribution in [1.82, 2.24) is 20.4 Å². The Hall–Kier alpha value is -3.61. The Morgan fingerprint density at radius 2 is 1.88 bits per heavy atom. The van der Waals surface area contributed by atoms with E-state index in [0.29, 0.717) is 19.0 Å². The minimum Gasteiger partial charge on any atom is -0.357 e. The second-order valence-electron chi connectivity index (χ2n) is 7.80. The number of nitrogens with one attached hydrogen (secondary N) is 2. The quantitative estimate of drug-likeness (QED) is 0.446. The van der Waals surface area contributed by atoms with Gasteiger partial charge in [-0.2, -0.15) is 5.10 Å². The molecule has 0 bridgehead atoms. The Balaban J connectivity index is 1.41. The monoisotopic (exact) mass is 430 g/mol. The lowest BCUT2D eigenvalue weighted by atomic mass is 10.0. The number of aryl methyl sites for hydroxylation is 1. The predicted octanol–water partition coefficient (Wildman–Crippen LogP) is 2.97. The van der Waals surface area contributed by atoms with Crippen molar-refractivity contribution in [2.24, 2.45) is 4.99 Å². The van der Waals surface area contributed by atoms with Crippen LogP contribution in [0.4, 0.5) is 5.69 Å². The van der Waals surface area contributed by atoms with E-state index in [2.05, 4.69) is 33.9 Å². The molecule has 0 saturated carbocycles. The van der Waals surface area contributed by atoms with E-state index in [9.17, 15) is 4.79 Å². The van der Waals surface area contributed by atoms with Crippen LogP contribution < -0.4 is 15.5 Å². The van der Waals surface area contributed by atoms with Crippen molar-refractivity contribution in [3.05, 3.63) is 83.7 Å². The maximum atomic E-state index is 12.9. The first-order valence-corrected chi connectivity index (χ1v) is 11.2. The minimum absolute atomic E-state index is 0.0573. The van der Waals surface area contributed by atoms with Gasteiger partial charge in [0.05, 0.1) is 19.6 Å². The Morgan fingerprint density at radius 3 is 2.69 bits per heavy atom. The summed E-state index contributed by atoms with van der Waals surface area (Å²) >= 11 is 0. The molecule has 2 heterocycles. The molecule has 0 fully saturated rings. The topological polar surface area (TPSA) is 74.5 Å². The Bertz CT molecular complexity index is 1060. The first kappa shape index (κ1) is 21.6. The summed E-state index contributed by atoms with van der Waals surface area (Å²) in [7, 11) is 0. The van der Waals surface area contributed by atoms with Gasteiger partial charge in [0.15, 0.2) is 5.96 Å². The Kier molecular flexibility index (Phi) is 7.17. The van der Waals surface area contributed by atoms with E-state index in [1.165, 1.54) is 11.1 Å². The molecule has 1 aliphatic rings. The van der Waals surface area contributed by atoms with Crippen LogP contribution in [0.15, 0.2) is 72.0 Å². The molecule has 166 valence electrons. The number of benzene rings is 2. The summed E-state index contributed by atoms with van der Waals surface area (Å²) in [5.41, 5.74) is 4.58. The van der Waals surface area contributed by atoms with E-state index < -0.39 is 0 Å². The molecule has 0 spiro atoms. The van der Waals surface area contributed by atoms with Crippen molar-refractivity contribution < 1.29 is 4.79 Å². The second kappa shape index (κ2) is 10.6. The third-order valence-corrected chi connectivity index (χ3v) is 5.58. The molecule has 0 atom stereocenters. The van der Waals surface area contributed by atoms with Crippen molar-refractivity contribution in [1.29, 1.82) is 0 Å². The number of carbonyl (C=O) groups is 1. The molecule has 3 aromatic rings. The number of hydrogen-bond donors (Lipinski definition) is 2. The number of nitrogens with zero attached hydrogens (tertiary/aromatic N) is 4. The first-order valence-electron chi connectivity index (χ1n) is 11.2. The molecule has 32 heavy (non-hydrogen) atoms. The van der Waals surface area contributed by atoms with Gasteiger partial charge in [-0.05, 0) is 48.6 Å². The number of fused-ring (bicyclic) bond motifs is 1. The van der Waals surface area contributed by atoms with Crippen LogP contribution >= 0.6 is 0 Å². The maximum Gasteiger partial charge on any atom is 0.246 e. The van der Waals surface area contributed by atoms with Crippen molar-refractivity contribution in [2.45, 2.75) is 32.9 Å². The number of rotatable bonds is 7. The highest BCUT2D eigenvalue weighted by Gasteiger charge is 2.22. The fourth-order valence-corrected chi connectivity index (χ4v) is 3.99. The lowest BCUT2D eigenvalue weighted by Gasteiger charge is -2.29. The van der Waals surface area contributed by atoms with Crippen LogP contribution in [0.1, 0.15) is 30.0 Å². The number of amides is 1. The zero-order chi connectivity index (χ0) is 22.2. The van der Waals surface area contributed by atoms with Gasteiger partial charge in [0.1, 0.15) is 0 Å². The van der Waals surface area contributed by atoms with Crippen molar-refractivity contribution in [2.75, 3.05) is 24.5 Å². The van der Waals surface area contributed by atoms with Gasteiger partial charge in [-0.3, -0.25) is 9.48 Å². The summed E-state index contributed by atoms with van der Waals surface area (Å²) in [6, 6.07) is 18.3. The molecular formula is C25H30N6O. The standard InChI is InChI=1S/C25H30N6O/c1-2-26-25(27-17-21-10-3-4-11-22(21)19-30-15-8-14-29-30)28-18-24(32)31-16-7-12-20-9-5-6-13-23(20)31/h3-6,8-11,13-15H,2,7,12,16-19H2,1H3,(H2,26,27,28). The SMILES string of the molecule is CCNC(=NCc1ccccc1Cn1cccn1)NCC(=O)N1CCCc2ccccc21. The van der Waals surface area contributed by atoms with Crippen LogP contribution in [-0.4, -0.2) is 41.3 Å². The average molecular weight is 431 g/mol. The van der Waals surface area contributed by atoms with Gasteiger partial charge in [0, 0.05) is 31.2 Å². The van der Waals surface area contributed by atoms with Crippen molar-refractivity contribution in [3.8, 4) is 0 Å². The molecule has 0 unspecified atom stereocenters. The number of aliphatic imine (C=N–C) groups is 1. The summed E-state index contributed by atoms with van der Waals surface area (Å²) < 4.78 is 1.90. The first-order chi connectivity index (χ1) is 15.7. The number of para-hydroxylation sites is 1. The maximum absolute atomic E-state index is 12.9. The summed E-state index contributed by atoms with van der Waals surface area (Å²) in [5.74, 6) is 0.696. The van der Waals surface area contributed by atoms with Crippen LogP contribution in [0.2, 0.25) is 0 Å². The van der Waals surface area contributed by atoms with Crippen LogP contribution in [-0.2, 0) is 24.3 Å². The third-order valence-electron chi connectivity index (χ3n) is 5.58. The van der Waals surface area contributed by atoms with Gasteiger partial charge in [-0.15, -0.1) is 0 Å². The molecular weight excluding hydrogens is 400 g/mol. The van der Waals surface area contributed by atoms with Crippen molar-refractivity contribution >= 4 is 17.6 Å². The molecule has 0 saturated heterocycles. The summed E-state index contributed by atoms with van der Waals surface area (Å²) in [6.45, 7) is 4.93. The van der Waals surface area contributed by atoms with E-state index in [0.717, 1.165) is 37.2 Å². The predicted molar refractivity (Wildman–Crippen MR) is 128 cm³/mol. The second-order valence-corrected chi connectivity index (χ2v) is 7.80. The molecule has 2 aromatic carbocycles. The van der Waals surface area contributed by atoms with E-state index >= 15 is 0 Å². The molecule has 0 radical (unpaired) electrons. The fraction of sp³-hybridized carbons (Fsp3) is 0.320. The number of hydrogen-bond acceptors (Lipinski definition) is 3. The van der Waals surface area contributed by atoms with E-state index in [4.69, 9.17) is 4.99 Å². The molecule has 1 aliphatic heterocycles. The normalized spacial score (nSPS) is 13.5. The van der Waals surface area contributed by atoms with Crippen LogP contribution in [0.3, 0.4) is 0 Å². The summed E-state index contributed by atoms with van der Waals surface area (Å²) in [5, 5.41) is 10.8. The summed E-state index contributed by atoms with van der Waals surface area (Å²) in [6.07, 6.45) is 5.75. The molecule has 7 nitrogen and oxygen atoms in total. The third kappa shape index (κ3) is 5.35. The largest absolute Gasteiger partial charge is 0.357 e. The smallest absolute Gasteiger partial charge is 0.246 e. The zero-order valence-corrected chi connectivity index (χ0v) is 18.5. The van der Waals surface area contributed by atoms with Gasteiger partial charge in [0.25, 0.3) is 0 Å². The average Bonchev–Trinajstić information content (AvgIpc) is 3.34. The van der Waals surface area contributed by atoms with Gasteiger partial charge in [0.2, 0.25) is 5.91 Å². The molecule has 2 N–H and O–H groups in total. The Morgan fingerprint density at radius 1 is 1.06 bits per heavy atom. The van der Waals surface area contributed by atoms with E-state index in [-0.39, 0.29) is 12.5 Å². The molecule has 0 aliphatic carbocycles. The molecule has 1 aromatic heterocycles. The highest BCUT2D eigenvalue weighted by Crippen LogP contribution is 2.26.